The van der Waals surface area contributed by atoms with Crippen molar-refractivity contribution < 1.29 is 9.47 Å². The van der Waals surface area contributed by atoms with Crippen LogP contribution in [-0.4, -0.2) is 21.2 Å². The van der Waals surface area contributed by atoms with Crippen LogP contribution in [0, 0.1) is 0 Å². The monoisotopic (exact) mass is 419 g/mol. The van der Waals surface area contributed by atoms with Gasteiger partial charge >= 0.3 is 0 Å². The van der Waals surface area contributed by atoms with Crippen LogP contribution in [-0.2, 0) is 5.41 Å². The number of nitrogens with zero attached hydrogens (tertiary/aromatic N) is 3. The topological polar surface area (TPSA) is 65.7 Å². The number of benzene rings is 2. The maximum Gasteiger partial charge on any atom is 0.291 e. The highest BCUT2D eigenvalue weighted by atomic mass is 32.1. The molecule has 0 fully saturated rings. The molecular formula is C23H21N3O3S. The summed E-state index contributed by atoms with van der Waals surface area (Å²) in [5.41, 5.74) is 2.15. The van der Waals surface area contributed by atoms with Crippen molar-refractivity contribution in [3.8, 4) is 11.5 Å². The predicted octanol–water partition coefficient (Wildman–Crippen LogP) is 3.51. The van der Waals surface area contributed by atoms with Crippen molar-refractivity contribution in [2.75, 3.05) is 6.61 Å². The fourth-order valence-corrected chi connectivity index (χ4v) is 4.28. The fourth-order valence-electron chi connectivity index (χ4n) is 3.36. The van der Waals surface area contributed by atoms with Crippen molar-refractivity contribution >= 4 is 22.4 Å². The zero-order valence-electron chi connectivity index (χ0n) is 17.0. The summed E-state index contributed by atoms with van der Waals surface area (Å²) in [5, 5.41) is 4.40. The Morgan fingerprint density at radius 1 is 1.10 bits per heavy atom. The van der Waals surface area contributed by atoms with Crippen molar-refractivity contribution in [3.05, 3.63) is 80.4 Å². The van der Waals surface area contributed by atoms with Gasteiger partial charge < -0.3 is 9.47 Å². The largest absolute Gasteiger partial charge is 0.485 e. The van der Waals surface area contributed by atoms with Crippen LogP contribution in [0.3, 0.4) is 0 Å². The van der Waals surface area contributed by atoms with Gasteiger partial charge in [0.05, 0.1) is 4.53 Å². The molecule has 7 heteroatoms. The minimum Gasteiger partial charge on any atom is -0.485 e. The zero-order chi connectivity index (χ0) is 20.9. The molecule has 2 aromatic heterocycles. The number of fused-ring (bicyclic) bond motifs is 2. The summed E-state index contributed by atoms with van der Waals surface area (Å²) in [7, 11) is 0. The minimum absolute atomic E-state index is 0.0948. The van der Waals surface area contributed by atoms with Crippen molar-refractivity contribution in [2.45, 2.75) is 32.3 Å². The average molecular weight is 420 g/mol. The van der Waals surface area contributed by atoms with Crippen LogP contribution >= 0.6 is 11.3 Å². The van der Waals surface area contributed by atoms with Crippen molar-refractivity contribution in [1.29, 1.82) is 0 Å². The summed E-state index contributed by atoms with van der Waals surface area (Å²) in [4.78, 5) is 17.9. The molecule has 1 atom stereocenters. The normalized spacial score (nSPS) is 16.9. The van der Waals surface area contributed by atoms with Crippen LogP contribution in [0.5, 0.6) is 11.5 Å². The van der Waals surface area contributed by atoms with E-state index in [0.717, 1.165) is 5.56 Å². The molecule has 1 aliphatic rings. The molecule has 0 radical (unpaired) electrons. The highest BCUT2D eigenvalue weighted by Gasteiger charge is 2.27. The first-order valence-corrected chi connectivity index (χ1v) is 10.6. The first-order chi connectivity index (χ1) is 14.4. The number of hydrogen-bond acceptors (Lipinski definition) is 6. The van der Waals surface area contributed by atoms with Gasteiger partial charge in [-0.1, -0.05) is 68.5 Å². The molecule has 0 aliphatic carbocycles. The van der Waals surface area contributed by atoms with Crippen LogP contribution in [0.2, 0.25) is 0 Å². The Morgan fingerprint density at radius 2 is 1.83 bits per heavy atom. The van der Waals surface area contributed by atoms with Crippen LogP contribution in [0.25, 0.3) is 11.0 Å². The van der Waals surface area contributed by atoms with E-state index in [1.807, 2.05) is 42.5 Å². The van der Waals surface area contributed by atoms with E-state index in [4.69, 9.17) is 9.47 Å². The van der Waals surface area contributed by atoms with Gasteiger partial charge in [-0.3, -0.25) is 4.79 Å². The van der Waals surface area contributed by atoms with Gasteiger partial charge in [0.25, 0.3) is 5.56 Å². The molecule has 152 valence electrons. The van der Waals surface area contributed by atoms with E-state index in [9.17, 15) is 4.79 Å². The third kappa shape index (κ3) is 3.35. The molecule has 0 amide bonds. The molecule has 1 unspecified atom stereocenters. The van der Waals surface area contributed by atoms with E-state index in [-0.39, 0.29) is 11.0 Å². The lowest BCUT2D eigenvalue weighted by Gasteiger charge is -2.24. The Labute approximate surface area is 177 Å². The lowest BCUT2D eigenvalue weighted by molar-refractivity contribution is 0.0852. The SMILES string of the molecule is CC(C)(C)c1ccc(C=c2sc3nc(C4COc5ccccc5O4)nn3c2=O)cc1. The third-order valence-corrected chi connectivity index (χ3v) is 6.03. The molecular weight excluding hydrogens is 398 g/mol. The Balaban J connectivity index is 1.45. The molecule has 3 heterocycles. The first kappa shape index (κ1) is 18.8. The van der Waals surface area contributed by atoms with E-state index < -0.39 is 6.10 Å². The van der Waals surface area contributed by atoms with Gasteiger partial charge in [0, 0.05) is 0 Å². The predicted molar refractivity (Wildman–Crippen MR) is 116 cm³/mol. The van der Waals surface area contributed by atoms with Crippen LogP contribution in [0.15, 0.2) is 53.3 Å². The summed E-state index contributed by atoms with van der Waals surface area (Å²) in [6.45, 7) is 6.85. The molecule has 0 saturated carbocycles. The summed E-state index contributed by atoms with van der Waals surface area (Å²) < 4.78 is 13.6. The van der Waals surface area contributed by atoms with Crippen molar-refractivity contribution in [3.63, 3.8) is 0 Å². The van der Waals surface area contributed by atoms with Gasteiger partial charge in [0.15, 0.2) is 23.4 Å². The first-order valence-electron chi connectivity index (χ1n) is 9.79. The Hall–Kier alpha value is -3.19. The molecule has 0 N–H and O–H groups in total. The number of hydrogen-bond donors (Lipinski definition) is 0. The van der Waals surface area contributed by atoms with Gasteiger partial charge in [-0.05, 0) is 34.8 Å². The molecule has 0 spiro atoms. The second-order valence-corrected chi connectivity index (χ2v) is 9.33. The molecule has 1 aliphatic heterocycles. The van der Waals surface area contributed by atoms with E-state index in [0.29, 0.717) is 33.4 Å². The second kappa shape index (κ2) is 6.95. The quantitative estimate of drug-likeness (QED) is 0.498. The van der Waals surface area contributed by atoms with Crippen LogP contribution in [0.4, 0.5) is 0 Å². The van der Waals surface area contributed by atoms with Crippen LogP contribution < -0.4 is 19.6 Å². The molecule has 30 heavy (non-hydrogen) atoms. The van der Waals surface area contributed by atoms with Gasteiger partial charge in [0.2, 0.25) is 4.96 Å². The molecule has 0 bridgehead atoms. The highest BCUT2D eigenvalue weighted by molar-refractivity contribution is 7.15. The van der Waals surface area contributed by atoms with Gasteiger partial charge in [-0.15, -0.1) is 5.10 Å². The second-order valence-electron chi connectivity index (χ2n) is 8.32. The Bertz CT molecular complexity index is 1330. The number of thiazole rings is 1. The number of aromatic nitrogens is 3. The van der Waals surface area contributed by atoms with Crippen molar-refractivity contribution in [1.82, 2.24) is 14.6 Å². The molecule has 2 aromatic carbocycles. The summed E-state index contributed by atoms with van der Waals surface area (Å²) >= 11 is 1.32. The number of ether oxygens (including phenoxy) is 2. The van der Waals surface area contributed by atoms with Crippen molar-refractivity contribution in [2.24, 2.45) is 0 Å². The van der Waals surface area contributed by atoms with E-state index in [2.05, 4.69) is 43.0 Å². The van der Waals surface area contributed by atoms with Crippen LogP contribution in [0.1, 0.15) is 43.8 Å². The van der Waals surface area contributed by atoms with Gasteiger partial charge in [-0.25, -0.2) is 0 Å². The summed E-state index contributed by atoms with van der Waals surface area (Å²) in [6, 6.07) is 15.8. The lowest BCUT2D eigenvalue weighted by Crippen LogP contribution is -2.26. The molecule has 5 rings (SSSR count). The average Bonchev–Trinajstić information content (AvgIpc) is 3.27. The van der Waals surface area contributed by atoms with Gasteiger partial charge in [-0.2, -0.15) is 9.50 Å². The standard InChI is InChI=1S/C23H21N3O3S/c1-23(2,3)15-10-8-14(9-11-15)12-19-21(27)26-22(30-19)24-20(25-26)18-13-28-16-6-4-5-7-17(16)29-18/h4-12,18H,13H2,1-3H3. The fraction of sp³-hybridized carbons (Fsp3) is 0.261. The zero-order valence-corrected chi connectivity index (χ0v) is 17.8. The Kier molecular flexibility index (Phi) is 4.36. The van der Waals surface area contributed by atoms with E-state index in [1.54, 1.807) is 0 Å². The molecule has 4 aromatic rings. The highest BCUT2D eigenvalue weighted by Crippen LogP contribution is 2.35. The summed E-state index contributed by atoms with van der Waals surface area (Å²) in [6.07, 6.45) is 1.44. The summed E-state index contributed by atoms with van der Waals surface area (Å²) in [5.74, 6) is 1.81. The minimum atomic E-state index is -0.441. The number of rotatable bonds is 2. The van der Waals surface area contributed by atoms with E-state index in [1.165, 1.54) is 21.4 Å². The maximum atomic E-state index is 12.8. The molecule has 6 nitrogen and oxygen atoms in total. The Morgan fingerprint density at radius 3 is 2.53 bits per heavy atom. The molecule has 0 saturated heterocycles. The van der Waals surface area contributed by atoms with E-state index >= 15 is 0 Å². The smallest absolute Gasteiger partial charge is 0.291 e. The van der Waals surface area contributed by atoms with Gasteiger partial charge in [0.1, 0.15) is 6.61 Å². The number of para-hydroxylation sites is 2. The maximum absolute atomic E-state index is 12.8. The third-order valence-electron chi connectivity index (χ3n) is 5.07. The lowest BCUT2D eigenvalue weighted by atomic mass is 9.87.